The van der Waals surface area contributed by atoms with Crippen LogP contribution < -0.4 is 5.73 Å². The number of benzene rings is 1. The van der Waals surface area contributed by atoms with Crippen LogP contribution in [0.2, 0.25) is 0 Å². The van der Waals surface area contributed by atoms with E-state index < -0.39 is 0 Å². The van der Waals surface area contributed by atoms with Crippen LogP contribution in [-0.2, 0) is 0 Å². The van der Waals surface area contributed by atoms with Crippen molar-refractivity contribution in [3.8, 4) is 11.4 Å². The smallest absolute Gasteiger partial charge is 0.183 e. The molecule has 0 saturated heterocycles. The number of halogens is 1. The maximum atomic E-state index is 5.93. The maximum Gasteiger partial charge on any atom is 0.183 e. The van der Waals surface area contributed by atoms with E-state index in [1.165, 1.54) is 0 Å². The number of nitrogens with zero attached hydrogens (tertiary/aromatic N) is 4. The Morgan fingerprint density at radius 3 is 2.80 bits per heavy atom. The molecule has 0 saturated carbocycles. The lowest BCUT2D eigenvalue weighted by Gasteiger charge is -2.17. The van der Waals surface area contributed by atoms with Crippen molar-refractivity contribution in [1.82, 2.24) is 20.2 Å². The Bertz CT molecular complexity index is 581. The molecule has 20 heavy (non-hydrogen) atoms. The molecule has 2 N–H and O–H groups in total. The number of nitrogen functional groups attached to an aromatic ring is 1. The minimum atomic E-state index is 0.253. The lowest BCUT2D eigenvalue weighted by molar-refractivity contribution is 0.371. The van der Waals surface area contributed by atoms with Crippen LogP contribution in [0.4, 0.5) is 5.69 Å². The van der Waals surface area contributed by atoms with Crippen molar-refractivity contribution in [3.63, 3.8) is 0 Å². The van der Waals surface area contributed by atoms with E-state index in [0.29, 0.717) is 11.6 Å². The van der Waals surface area contributed by atoms with Gasteiger partial charge in [-0.05, 0) is 57.8 Å². The Morgan fingerprint density at radius 1 is 1.35 bits per heavy atom. The van der Waals surface area contributed by atoms with Crippen molar-refractivity contribution in [1.29, 1.82) is 0 Å². The van der Waals surface area contributed by atoms with Crippen molar-refractivity contribution in [2.75, 3.05) is 5.73 Å². The molecule has 6 heteroatoms. The standard InChI is InChI=1S/C14H20BrN5/c1-4-9(2)8-10(3)20-14(17-18-19-20)11-6-5-7-12(16)13(11)15/h5-7,9-10H,4,8,16H2,1-3H3. The van der Waals surface area contributed by atoms with Crippen LogP contribution in [0.25, 0.3) is 11.4 Å². The summed E-state index contributed by atoms with van der Waals surface area (Å²) in [5, 5.41) is 12.1. The molecule has 0 aliphatic heterocycles. The predicted molar refractivity (Wildman–Crippen MR) is 84.1 cm³/mol. The van der Waals surface area contributed by atoms with Crippen LogP contribution >= 0.6 is 15.9 Å². The van der Waals surface area contributed by atoms with E-state index in [1.54, 1.807) is 0 Å². The van der Waals surface area contributed by atoms with Gasteiger partial charge in [-0.25, -0.2) is 4.68 Å². The van der Waals surface area contributed by atoms with Crippen molar-refractivity contribution in [2.24, 2.45) is 5.92 Å². The van der Waals surface area contributed by atoms with Gasteiger partial charge in [-0.1, -0.05) is 26.3 Å². The Labute approximate surface area is 127 Å². The highest BCUT2D eigenvalue weighted by molar-refractivity contribution is 9.10. The lowest BCUT2D eigenvalue weighted by atomic mass is 10.0. The van der Waals surface area contributed by atoms with Gasteiger partial charge in [-0.2, -0.15) is 0 Å². The molecule has 0 aliphatic carbocycles. The molecular formula is C14H20BrN5. The molecule has 0 aliphatic rings. The molecule has 2 aromatic rings. The first kappa shape index (κ1) is 15.0. The summed E-state index contributed by atoms with van der Waals surface area (Å²) < 4.78 is 2.72. The first-order valence-corrected chi connectivity index (χ1v) is 7.66. The molecule has 0 radical (unpaired) electrons. The summed E-state index contributed by atoms with van der Waals surface area (Å²) in [6, 6.07) is 5.99. The van der Waals surface area contributed by atoms with Gasteiger partial charge in [0.1, 0.15) is 0 Å². The Morgan fingerprint density at radius 2 is 2.10 bits per heavy atom. The summed E-state index contributed by atoms with van der Waals surface area (Å²) >= 11 is 3.52. The fourth-order valence-corrected chi connectivity index (χ4v) is 2.68. The second-order valence-electron chi connectivity index (χ2n) is 5.25. The summed E-state index contributed by atoms with van der Waals surface area (Å²) in [4.78, 5) is 0. The number of aromatic nitrogens is 4. The third-order valence-electron chi connectivity index (χ3n) is 3.62. The van der Waals surface area contributed by atoms with Crippen LogP contribution in [-0.4, -0.2) is 20.2 Å². The largest absolute Gasteiger partial charge is 0.398 e. The lowest BCUT2D eigenvalue weighted by Crippen LogP contribution is -2.12. The van der Waals surface area contributed by atoms with Gasteiger partial charge in [0.2, 0.25) is 0 Å². The maximum absolute atomic E-state index is 5.93. The highest BCUT2D eigenvalue weighted by Crippen LogP contribution is 2.32. The average Bonchev–Trinajstić information content (AvgIpc) is 2.91. The molecule has 1 aromatic heterocycles. The number of nitrogens with two attached hydrogens (primary N) is 1. The van der Waals surface area contributed by atoms with Crippen molar-refractivity contribution < 1.29 is 0 Å². The SMILES string of the molecule is CCC(C)CC(C)n1nnnc1-c1cccc(N)c1Br. The number of hydrogen-bond acceptors (Lipinski definition) is 4. The molecule has 5 nitrogen and oxygen atoms in total. The molecule has 1 heterocycles. The third-order valence-corrected chi connectivity index (χ3v) is 4.51. The molecule has 0 amide bonds. The van der Waals surface area contributed by atoms with Crippen molar-refractivity contribution >= 4 is 21.6 Å². The number of hydrogen-bond donors (Lipinski definition) is 1. The Balaban J connectivity index is 2.35. The predicted octanol–water partition coefficient (Wildman–Crippen LogP) is 3.68. The monoisotopic (exact) mass is 337 g/mol. The van der Waals surface area contributed by atoms with Gasteiger partial charge in [-0.3, -0.25) is 0 Å². The molecule has 0 spiro atoms. The number of rotatable bonds is 5. The average molecular weight is 338 g/mol. The molecule has 1 aromatic carbocycles. The van der Waals surface area contributed by atoms with Gasteiger partial charge in [-0.15, -0.1) is 5.10 Å². The summed E-state index contributed by atoms with van der Waals surface area (Å²) in [6.07, 6.45) is 2.21. The fraction of sp³-hybridized carbons (Fsp3) is 0.500. The summed E-state index contributed by atoms with van der Waals surface area (Å²) in [6.45, 7) is 6.59. The Hall–Kier alpha value is -1.43. The molecular weight excluding hydrogens is 318 g/mol. The number of anilines is 1. The van der Waals surface area contributed by atoms with Crippen LogP contribution in [0.15, 0.2) is 22.7 Å². The summed E-state index contributed by atoms with van der Waals surface area (Å²) in [5.74, 6) is 1.39. The summed E-state index contributed by atoms with van der Waals surface area (Å²) in [5.41, 5.74) is 7.54. The van der Waals surface area contributed by atoms with Gasteiger partial charge in [0.25, 0.3) is 0 Å². The zero-order chi connectivity index (χ0) is 14.7. The van der Waals surface area contributed by atoms with Gasteiger partial charge in [0.05, 0.1) is 10.5 Å². The normalized spacial score (nSPS) is 14.2. The fourth-order valence-electron chi connectivity index (χ4n) is 2.24. The van der Waals surface area contributed by atoms with E-state index in [9.17, 15) is 0 Å². The van der Waals surface area contributed by atoms with Gasteiger partial charge >= 0.3 is 0 Å². The molecule has 2 unspecified atom stereocenters. The van der Waals surface area contributed by atoms with Gasteiger partial charge in [0.15, 0.2) is 5.82 Å². The van der Waals surface area contributed by atoms with E-state index in [0.717, 1.165) is 28.7 Å². The third kappa shape index (κ3) is 3.00. The van der Waals surface area contributed by atoms with Crippen LogP contribution in [0, 0.1) is 5.92 Å². The van der Waals surface area contributed by atoms with Crippen LogP contribution in [0.3, 0.4) is 0 Å². The molecule has 0 bridgehead atoms. The Kier molecular flexibility index (Phi) is 4.75. The molecule has 108 valence electrons. The topological polar surface area (TPSA) is 69.6 Å². The zero-order valence-corrected chi connectivity index (χ0v) is 13.6. The quantitative estimate of drug-likeness (QED) is 0.845. The van der Waals surface area contributed by atoms with Crippen LogP contribution in [0.5, 0.6) is 0 Å². The van der Waals surface area contributed by atoms with Crippen LogP contribution in [0.1, 0.15) is 39.7 Å². The highest BCUT2D eigenvalue weighted by atomic mass is 79.9. The minimum Gasteiger partial charge on any atom is -0.398 e. The number of tetrazole rings is 1. The van der Waals surface area contributed by atoms with E-state index in [4.69, 9.17) is 5.73 Å². The van der Waals surface area contributed by atoms with E-state index in [1.807, 2.05) is 22.9 Å². The molecule has 0 fully saturated rings. The van der Waals surface area contributed by atoms with E-state index >= 15 is 0 Å². The second kappa shape index (κ2) is 6.35. The molecule has 2 atom stereocenters. The highest BCUT2D eigenvalue weighted by Gasteiger charge is 2.18. The first-order valence-electron chi connectivity index (χ1n) is 6.86. The summed E-state index contributed by atoms with van der Waals surface area (Å²) in [7, 11) is 0. The van der Waals surface area contributed by atoms with Crippen molar-refractivity contribution in [3.05, 3.63) is 22.7 Å². The van der Waals surface area contributed by atoms with Gasteiger partial charge < -0.3 is 5.73 Å². The van der Waals surface area contributed by atoms with Crippen molar-refractivity contribution in [2.45, 2.75) is 39.7 Å². The second-order valence-corrected chi connectivity index (χ2v) is 6.05. The van der Waals surface area contributed by atoms with E-state index in [-0.39, 0.29) is 6.04 Å². The first-order chi connectivity index (χ1) is 9.54. The zero-order valence-electron chi connectivity index (χ0n) is 12.0. The van der Waals surface area contributed by atoms with E-state index in [2.05, 4.69) is 52.2 Å². The molecule has 2 rings (SSSR count). The van der Waals surface area contributed by atoms with Gasteiger partial charge in [0, 0.05) is 11.3 Å². The minimum absolute atomic E-state index is 0.253.